The molecule has 2 rings (SSSR count). The largest absolute Gasteiger partial charge is 0.465 e. The Labute approximate surface area is 87.0 Å². The topological polar surface area (TPSA) is 60.3 Å². The molecule has 0 radical (unpaired) electrons. The number of ether oxygens (including phenoxy) is 1. The zero-order valence-corrected chi connectivity index (χ0v) is 8.61. The highest BCUT2D eigenvalue weighted by molar-refractivity contribution is 6.04. The molecule has 0 aliphatic carbocycles. The quantitative estimate of drug-likeness (QED) is 0.687. The molecule has 0 fully saturated rings. The highest BCUT2D eigenvalue weighted by Gasteiger charge is 2.28. The highest BCUT2D eigenvalue weighted by Crippen LogP contribution is 2.20. The van der Waals surface area contributed by atoms with Crippen molar-refractivity contribution in [2.24, 2.45) is 0 Å². The average Bonchev–Trinajstić information content (AvgIpc) is 2.68. The third kappa shape index (κ3) is 1.40. The van der Waals surface area contributed by atoms with Crippen molar-refractivity contribution < 1.29 is 14.3 Å². The molecule has 0 spiro atoms. The molecule has 5 heteroatoms. The zero-order chi connectivity index (χ0) is 11.0. The van der Waals surface area contributed by atoms with Crippen LogP contribution in [0.3, 0.4) is 0 Å². The van der Waals surface area contributed by atoms with E-state index in [9.17, 15) is 9.59 Å². The Morgan fingerprint density at radius 3 is 3.07 bits per heavy atom. The summed E-state index contributed by atoms with van der Waals surface area (Å²) in [4.78, 5) is 23.0. The number of nitrogens with one attached hydrogen (secondary N) is 1. The van der Waals surface area contributed by atoms with Gasteiger partial charge in [0.2, 0.25) is 0 Å². The maximum atomic E-state index is 11.6. The van der Waals surface area contributed by atoms with E-state index in [1.54, 1.807) is 16.8 Å². The maximum absolute atomic E-state index is 11.6. The monoisotopic (exact) mass is 208 g/mol. The van der Waals surface area contributed by atoms with Gasteiger partial charge in [0.1, 0.15) is 5.69 Å². The molecule has 0 unspecified atom stereocenters. The summed E-state index contributed by atoms with van der Waals surface area (Å²) in [5.74, 6) is -0.702. The summed E-state index contributed by atoms with van der Waals surface area (Å²) in [6.45, 7) is 2.56. The van der Waals surface area contributed by atoms with Gasteiger partial charge in [0.05, 0.1) is 12.7 Å². The lowest BCUT2D eigenvalue weighted by Gasteiger charge is -2.23. The van der Waals surface area contributed by atoms with E-state index in [0.717, 1.165) is 0 Å². The van der Waals surface area contributed by atoms with Crippen LogP contribution >= 0.6 is 0 Å². The van der Waals surface area contributed by atoms with E-state index in [1.807, 2.05) is 6.92 Å². The summed E-state index contributed by atoms with van der Waals surface area (Å²) < 4.78 is 6.41. The minimum absolute atomic E-state index is 0.163. The molecular formula is C10H12N2O3. The standard InChI is InChI=1S/C10H12N2O3/c1-6-5-11-9(13)8-7(10(14)15-2)3-4-12(6)8/h3-4,6H,5H2,1-2H3,(H,11,13)/t6-/m0/s1. The molecule has 15 heavy (non-hydrogen) atoms. The van der Waals surface area contributed by atoms with Gasteiger partial charge < -0.3 is 14.6 Å². The van der Waals surface area contributed by atoms with Crippen molar-refractivity contribution in [3.8, 4) is 0 Å². The van der Waals surface area contributed by atoms with Crippen LogP contribution in [0, 0.1) is 0 Å². The van der Waals surface area contributed by atoms with E-state index in [4.69, 9.17) is 0 Å². The minimum atomic E-state index is -0.479. The first-order chi connectivity index (χ1) is 7.15. The summed E-state index contributed by atoms with van der Waals surface area (Å²) in [5, 5.41) is 2.73. The van der Waals surface area contributed by atoms with Crippen LogP contribution in [-0.2, 0) is 4.74 Å². The second-order valence-corrected chi connectivity index (χ2v) is 3.54. The molecule has 0 saturated carbocycles. The number of esters is 1. The molecule has 0 aromatic carbocycles. The SMILES string of the molecule is COC(=O)c1ccn2c1C(=O)NC[C@@H]2C. The average molecular weight is 208 g/mol. The van der Waals surface area contributed by atoms with Crippen LogP contribution < -0.4 is 5.32 Å². The summed E-state index contributed by atoms with van der Waals surface area (Å²) >= 11 is 0. The Kier molecular flexibility index (Phi) is 2.22. The molecule has 80 valence electrons. The van der Waals surface area contributed by atoms with Crippen molar-refractivity contribution in [2.45, 2.75) is 13.0 Å². The van der Waals surface area contributed by atoms with Crippen LogP contribution in [0.5, 0.6) is 0 Å². The first-order valence-electron chi connectivity index (χ1n) is 4.72. The van der Waals surface area contributed by atoms with Crippen molar-refractivity contribution in [1.82, 2.24) is 9.88 Å². The normalized spacial score (nSPS) is 19.3. The van der Waals surface area contributed by atoms with E-state index in [-0.39, 0.29) is 11.9 Å². The lowest BCUT2D eigenvalue weighted by Crippen LogP contribution is -2.38. The van der Waals surface area contributed by atoms with E-state index < -0.39 is 5.97 Å². The van der Waals surface area contributed by atoms with Gasteiger partial charge in [-0.2, -0.15) is 0 Å². The third-order valence-electron chi connectivity index (χ3n) is 2.57. The number of nitrogens with zero attached hydrogens (tertiary/aromatic N) is 1. The van der Waals surface area contributed by atoms with E-state index in [1.165, 1.54) is 7.11 Å². The number of rotatable bonds is 1. The number of carbonyl (C=O) groups excluding carboxylic acids is 2. The van der Waals surface area contributed by atoms with Crippen molar-refractivity contribution in [1.29, 1.82) is 0 Å². The number of aromatic nitrogens is 1. The summed E-state index contributed by atoms with van der Waals surface area (Å²) in [5.41, 5.74) is 0.710. The fourth-order valence-corrected chi connectivity index (χ4v) is 1.75. The van der Waals surface area contributed by atoms with Gasteiger partial charge in [-0.3, -0.25) is 4.79 Å². The number of methoxy groups -OCH3 is 1. The smallest absolute Gasteiger partial charge is 0.340 e. The van der Waals surface area contributed by atoms with E-state index in [2.05, 4.69) is 10.1 Å². The van der Waals surface area contributed by atoms with Crippen LogP contribution in [0.25, 0.3) is 0 Å². The number of carbonyl (C=O) groups is 2. The fourth-order valence-electron chi connectivity index (χ4n) is 1.75. The number of hydrogen-bond acceptors (Lipinski definition) is 3. The maximum Gasteiger partial charge on any atom is 0.340 e. The van der Waals surface area contributed by atoms with Crippen molar-refractivity contribution in [3.05, 3.63) is 23.5 Å². The van der Waals surface area contributed by atoms with Crippen LogP contribution in [-0.4, -0.2) is 30.1 Å². The van der Waals surface area contributed by atoms with Crippen molar-refractivity contribution in [3.63, 3.8) is 0 Å². The second-order valence-electron chi connectivity index (χ2n) is 3.54. The molecule has 1 aromatic rings. The lowest BCUT2D eigenvalue weighted by molar-refractivity contribution is 0.0595. The Hall–Kier alpha value is -1.78. The first-order valence-corrected chi connectivity index (χ1v) is 4.72. The second kappa shape index (κ2) is 3.42. The summed E-state index contributed by atoms with van der Waals surface area (Å²) in [7, 11) is 1.30. The molecule has 1 aliphatic heterocycles. The minimum Gasteiger partial charge on any atom is -0.465 e. The molecule has 1 aliphatic rings. The zero-order valence-electron chi connectivity index (χ0n) is 8.61. The molecule has 5 nitrogen and oxygen atoms in total. The van der Waals surface area contributed by atoms with Crippen LogP contribution in [0.1, 0.15) is 33.8 Å². The van der Waals surface area contributed by atoms with Gasteiger partial charge in [-0.05, 0) is 13.0 Å². The predicted octanol–water partition coefficient (Wildman–Crippen LogP) is 0.579. The molecule has 0 bridgehead atoms. The van der Waals surface area contributed by atoms with E-state index >= 15 is 0 Å². The van der Waals surface area contributed by atoms with Gasteiger partial charge >= 0.3 is 5.97 Å². The number of fused-ring (bicyclic) bond motifs is 1. The van der Waals surface area contributed by atoms with Crippen LogP contribution in [0.4, 0.5) is 0 Å². The molecule has 1 atom stereocenters. The molecule has 1 amide bonds. The van der Waals surface area contributed by atoms with Crippen molar-refractivity contribution in [2.75, 3.05) is 13.7 Å². The van der Waals surface area contributed by atoms with E-state index in [0.29, 0.717) is 17.8 Å². The molecular weight excluding hydrogens is 196 g/mol. The molecule has 2 heterocycles. The van der Waals surface area contributed by atoms with Gasteiger partial charge in [0.25, 0.3) is 5.91 Å². The third-order valence-corrected chi connectivity index (χ3v) is 2.57. The summed E-state index contributed by atoms with van der Waals surface area (Å²) in [6.07, 6.45) is 1.74. The lowest BCUT2D eigenvalue weighted by atomic mass is 10.2. The molecule has 1 aromatic heterocycles. The number of amides is 1. The Balaban J connectivity index is 2.52. The molecule has 0 saturated heterocycles. The van der Waals surface area contributed by atoms with Gasteiger partial charge in [0.15, 0.2) is 0 Å². The van der Waals surface area contributed by atoms with Gasteiger partial charge in [0, 0.05) is 18.8 Å². The Bertz CT molecular complexity index is 422. The van der Waals surface area contributed by atoms with Gasteiger partial charge in [-0.25, -0.2) is 4.79 Å². The fraction of sp³-hybridized carbons (Fsp3) is 0.400. The summed E-state index contributed by atoms with van der Waals surface area (Å²) in [6, 6.07) is 1.78. The highest BCUT2D eigenvalue weighted by atomic mass is 16.5. The number of hydrogen-bond donors (Lipinski definition) is 1. The Morgan fingerprint density at radius 2 is 2.40 bits per heavy atom. The van der Waals surface area contributed by atoms with Gasteiger partial charge in [-0.1, -0.05) is 0 Å². The molecule has 1 N–H and O–H groups in total. The van der Waals surface area contributed by atoms with Crippen LogP contribution in [0.15, 0.2) is 12.3 Å². The first kappa shape index (κ1) is 9.76. The van der Waals surface area contributed by atoms with Gasteiger partial charge in [-0.15, -0.1) is 0 Å². The van der Waals surface area contributed by atoms with Crippen LogP contribution in [0.2, 0.25) is 0 Å². The predicted molar refractivity (Wildman–Crippen MR) is 52.8 cm³/mol. The Morgan fingerprint density at radius 1 is 1.67 bits per heavy atom. The van der Waals surface area contributed by atoms with Crippen molar-refractivity contribution >= 4 is 11.9 Å².